The number of nitrogens with one attached hydrogen (secondary N) is 2. The van der Waals surface area contributed by atoms with E-state index in [2.05, 4.69) is 15.6 Å². The van der Waals surface area contributed by atoms with Crippen LogP contribution in [0, 0.1) is 0 Å². The summed E-state index contributed by atoms with van der Waals surface area (Å²) in [6.45, 7) is 3.94. The maximum absolute atomic E-state index is 12.9. The van der Waals surface area contributed by atoms with Gasteiger partial charge in [-0.25, -0.2) is 9.18 Å². The van der Waals surface area contributed by atoms with Crippen LogP contribution in [0.25, 0.3) is 0 Å². The average Bonchev–Trinajstić information content (AvgIpc) is 3.02. The van der Waals surface area contributed by atoms with E-state index in [1.54, 1.807) is 11.1 Å². The number of urea groups is 1. The van der Waals surface area contributed by atoms with Gasteiger partial charge in [-0.05, 0) is 49.2 Å². The molecule has 8 heteroatoms. The fraction of sp³-hybridized carbons (Fsp3) is 0.381. The summed E-state index contributed by atoms with van der Waals surface area (Å²) in [6, 6.07) is 11.5. The number of rotatable bonds is 10. The number of carbonyl (C=O) groups is 1. The van der Waals surface area contributed by atoms with Gasteiger partial charge in [-0.2, -0.15) is 0 Å². The maximum atomic E-state index is 12.9. The quantitative estimate of drug-likeness (QED) is 0.460. The number of aromatic nitrogens is 1. The molecule has 154 valence electrons. The van der Waals surface area contributed by atoms with E-state index in [0.29, 0.717) is 30.4 Å². The van der Waals surface area contributed by atoms with Gasteiger partial charge in [0.1, 0.15) is 23.5 Å². The molecule has 1 unspecified atom stereocenters. The molecule has 0 saturated carbocycles. The maximum Gasteiger partial charge on any atom is 0.322 e. The summed E-state index contributed by atoms with van der Waals surface area (Å²) in [5.74, 6) is 0.691. The van der Waals surface area contributed by atoms with Gasteiger partial charge in [0.05, 0.1) is 12.2 Å². The predicted octanol–water partition coefficient (Wildman–Crippen LogP) is 3.00. The molecule has 0 aliphatic carbocycles. The van der Waals surface area contributed by atoms with Crippen molar-refractivity contribution in [3.8, 4) is 5.75 Å². The zero-order valence-electron chi connectivity index (χ0n) is 16.4. The molecule has 2 aromatic rings. The van der Waals surface area contributed by atoms with Gasteiger partial charge in [-0.1, -0.05) is 30.4 Å². The van der Waals surface area contributed by atoms with Crippen LogP contribution >= 0.6 is 12.2 Å². The van der Waals surface area contributed by atoms with Crippen molar-refractivity contribution in [2.75, 3.05) is 19.7 Å². The van der Waals surface area contributed by atoms with Crippen molar-refractivity contribution in [3.05, 3.63) is 59.4 Å². The van der Waals surface area contributed by atoms with Gasteiger partial charge in [-0.15, -0.1) is 0 Å². The van der Waals surface area contributed by atoms with E-state index in [1.807, 2.05) is 36.4 Å². The van der Waals surface area contributed by atoms with Crippen LogP contribution in [0.2, 0.25) is 0 Å². The summed E-state index contributed by atoms with van der Waals surface area (Å²) in [7, 11) is 0. The lowest BCUT2D eigenvalue weighted by Crippen LogP contribution is -2.27. The zero-order chi connectivity index (χ0) is 20.6. The second-order valence-electron chi connectivity index (χ2n) is 7.03. The number of halogens is 1. The van der Waals surface area contributed by atoms with Crippen LogP contribution in [0.4, 0.5) is 9.18 Å². The molecule has 0 radical (unpaired) electrons. The Balaban J connectivity index is 1.40. The second-order valence-corrected chi connectivity index (χ2v) is 7.53. The first kappa shape index (κ1) is 21.1. The molecular weight excluding hydrogens is 391 g/mol. The highest BCUT2D eigenvalue weighted by atomic mass is 32.1. The van der Waals surface area contributed by atoms with Crippen LogP contribution in [0.3, 0.4) is 0 Å². The van der Waals surface area contributed by atoms with Crippen LogP contribution in [-0.2, 0) is 19.5 Å². The monoisotopic (exact) mass is 416 g/mol. The molecule has 1 atom stereocenters. The fourth-order valence-electron chi connectivity index (χ4n) is 2.94. The normalized spacial score (nSPS) is 14.8. The molecule has 2 amide bonds. The van der Waals surface area contributed by atoms with Crippen molar-refractivity contribution in [2.24, 2.45) is 0 Å². The second kappa shape index (κ2) is 10.3. The van der Waals surface area contributed by atoms with E-state index >= 15 is 0 Å². The molecular formula is C21H25FN4O2S. The van der Waals surface area contributed by atoms with Crippen LogP contribution in [0.1, 0.15) is 23.7 Å². The lowest BCUT2D eigenvalue weighted by Gasteiger charge is -2.13. The Morgan fingerprint density at radius 2 is 2.21 bits per heavy atom. The molecule has 1 aliphatic rings. The lowest BCUT2D eigenvalue weighted by atomic mass is 10.1. The van der Waals surface area contributed by atoms with Gasteiger partial charge >= 0.3 is 6.03 Å². The Hall–Kier alpha value is -2.58. The molecule has 1 saturated heterocycles. The third-order valence-corrected chi connectivity index (χ3v) is 4.63. The zero-order valence-corrected chi connectivity index (χ0v) is 17.2. The Labute approximate surface area is 175 Å². The molecule has 0 spiro atoms. The number of pyridine rings is 1. The third-order valence-electron chi connectivity index (χ3n) is 4.40. The van der Waals surface area contributed by atoms with Gasteiger partial charge in [0.2, 0.25) is 0 Å². The smallest absolute Gasteiger partial charge is 0.322 e. The summed E-state index contributed by atoms with van der Waals surface area (Å²) >= 11 is 5.02. The Morgan fingerprint density at radius 3 is 2.90 bits per heavy atom. The van der Waals surface area contributed by atoms with Gasteiger partial charge in [-0.3, -0.25) is 4.98 Å². The minimum atomic E-state index is -0.982. The van der Waals surface area contributed by atoms with E-state index in [9.17, 15) is 9.18 Å². The fourth-order valence-corrected chi connectivity index (χ4v) is 3.18. The van der Waals surface area contributed by atoms with Gasteiger partial charge in [0, 0.05) is 19.3 Å². The highest BCUT2D eigenvalue weighted by Gasteiger charge is 2.23. The summed E-state index contributed by atoms with van der Waals surface area (Å²) in [5.41, 5.74) is 3.03. The van der Waals surface area contributed by atoms with Crippen molar-refractivity contribution in [3.63, 3.8) is 0 Å². The van der Waals surface area contributed by atoms with E-state index in [-0.39, 0.29) is 12.6 Å². The summed E-state index contributed by atoms with van der Waals surface area (Å²) in [6.07, 6.45) is 1.65. The predicted molar refractivity (Wildman–Crippen MR) is 114 cm³/mol. The third kappa shape index (κ3) is 6.76. The number of carbonyl (C=O) groups excluding carboxylic acids is 1. The molecule has 3 rings (SSSR count). The van der Waals surface area contributed by atoms with Gasteiger partial charge in [0.25, 0.3) is 0 Å². The molecule has 2 heterocycles. The average molecular weight is 417 g/mol. The SMILES string of the molecule is CC(F)COc1cccc(CCNCc2ccc(CN3CC(=S)NC3=O)cn2)c1. The number of thiocarbonyl (C=S) groups is 1. The Bertz CT molecular complexity index is 845. The molecule has 1 aromatic heterocycles. The number of amides is 2. The highest BCUT2D eigenvalue weighted by Crippen LogP contribution is 2.14. The van der Waals surface area contributed by atoms with E-state index < -0.39 is 6.17 Å². The van der Waals surface area contributed by atoms with Crippen molar-refractivity contribution >= 4 is 23.2 Å². The largest absolute Gasteiger partial charge is 0.491 e. The first-order valence-electron chi connectivity index (χ1n) is 9.58. The summed E-state index contributed by atoms with van der Waals surface area (Å²) in [4.78, 5) is 18.4. The first-order chi connectivity index (χ1) is 14.0. The van der Waals surface area contributed by atoms with Crippen molar-refractivity contribution in [1.29, 1.82) is 0 Å². The van der Waals surface area contributed by atoms with Crippen LogP contribution < -0.4 is 15.4 Å². The van der Waals surface area contributed by atoms with Crippen molar-refractivity contribution in [1.82, 2.24) is 20.5 Å². The van der Waals surface area contributed by atoms with Crippen LogP contribution in [-0.4, -0.2) is 46.8 Å². The first-order valence-corrected chi connectivity index (χ1v) is 9.99. The number of alkyl halides is 1. The molecule has 1 fully saturated rings. The number of ether oxygens (including phenoxy) is 1. The van der Waals surface area contributed by atoms with Crippen LogP contribution in [0.5, 0.6) is 5.75 Å². The molecule has 29 heavy (non-hydrogen) atoms. The molecule has 6 nitrogen and oxygen atoms in total. The standard InChI is InChI=1S/C21H25FN4O2S/c1-15(22)14-28-19-4-2-3-16(9-19)7-8-23-11-18-6-5-17(10-24-18)12-26-13-20(29)25-21(26)27/h2-6,9-10,15,23H,7-8,11-14H2,1H3,(H,25,27,29). The molecule has 1 aromatic carbocycles. The molecule has 2 N–H and O–H groups in total. The summed E-state index contributed by atoms with van der Waals surface area (Å²) in [5, 5.41) is 6.00. The summed E-state index contributed by atoms with van der Waals surface area (Å²) < 4.78 is 18.3. The van der Waals surface area contributed by atoms with E-state index in [1.165, 1.54) is 6.92 Å². The number of nitrogens with zero attached hydrogens (tertiary/aromatic N) is 2. The minimum Gasteiger partial charge on any atom is -0.491 e. The Kier molecular flexibility index (Phi) is 7.48. The van der Waals surface area contributed by atoms with E-state index in [0.717, 1.165) is 29.8 Å². The Morgan fingerprint density at radius 1 is 1.34 bits per heavy atom. The van der Waals surface area contributed by atoms with Crippen molar-refractivity contribution in [2.45, 2.75) is 32.6 Å². The van der Waals surface area contributed by atoms with E-state index in [4.69, 9.17) is 17.0 Å². The van der Waals surface area contributed by atoms with Gasteiger partial charge in [0.15, 0.2) is 0 Å². The highest BCUT2D eigenvalue weighted by molar-refractivity contribution is 7.80. The topological polar surface area (TPSA) is 66.5 Å². The number of hydrogen-bond donors (Lipinski definition) is 2. The number of hydrogen-bond acceptors (Lipinski definition) is 5. The lowest BCUT2D eigenvalue weighted by molar-refractivity contribution is 0.209. The molecule has 0 bridgehead atoms. The van der Waals surface area contributed by atoms with Gasteiger partial charge < -0.3 is 20.3 Å². The minimum absolute atomic E-state index is 0.0679. The molecule has 1 aliphatic heterocycles. The van der Waals surface area contributed by atoms with Crippen molar-refractivity contribution < 1.29 is 13.9 Å². The number of benzene rings is 1. The van der Waals surface area contributed by atoms with Crippen LogP contribution in [0.15, 0.2) is 42.6 Å².